The smallest absolute Gasteiger partial charge is 0.270 e. The molecule has 0 fully saturated rings. The lowest BCUT2D eigenvalue weighted by Crippen LogP contribution is -2.24. The summed E-state index contributed by atoms with van der Waals surface area (Å²) >= 11 is 0. The number of carbonyl (C=O) groups is 1. The van der Waals surface area contributed by atoms with E-state index in [0.29, 0.717) is 24.0 Å². The number of halogens is 1. The van der Waals surface area contributed by atoms with Crippen molar-refractivity contribution in [3.8, 4) is 5.75 Å². The van der Waals surface area contributed by atoms with Crippen LogP contribution in [-0.2, 0) is 6.54 Å². The highest BCUT2D eigenvalue weighted by Crippen LogP contribution is 2.26. The molecule has 0 saturated carbocycles. The third kappa shape index (κ3) is 5.03. The first kappa shape index (κ1) is 19.3. The molecule has 0 radical (unpaired) electrons. The number of benzene rings is 2. The zero-order valence-electron chi connectivity index (χ0n) is 15.7. The van der Waals surface area contributed by atoms with Crippen molar-refractivity contribution >= 4 is 17.4 Å². The molecule has 3 aromatic rings. The van der Waals surface area contributed by atoms with E-state index in [1.54, 1.807) is 25.1 Å². The Morgan fingerprint density at radius 3 is 2.61 bits per heavy atom. The summed E-state index contributed by atoms with van der Waals surface area (Å²) in [5.74, 6) is 1.00. The van der Waals surface area contributed by atoms with E-state index in [4.69, 9.17) is 4.74 Å². The molecule has 7 heteroatoms. The Hall–Kier alpha value is -3.48. The third-order valence-electron chi connectivity index (χ3n) is 3.89. The maximum atomic E-state index is 13.0. The maximum Gasteiger partial charge on any atom is 0.270 e. The molecule has 6 nitrogen and oxygen atoms in total. The minimum atomic E-state index is -0.337. The Labute approximate surface area is 162 Å². The monoisotopic (exact) mass is 380 g/mol. The summed E-state index contributed by atoms with van der Waals surface area (Å²) in [4.78, 5) is 21.0. The van der Waals surface area contributed by atoms with Crippen LogP contribution in [-0.4, -0.2) is 22.5 Å². The molecule has 144 valence electrons. The minimum Gasteiger partial charge on any atom is -0.492 e. The molecule has 0 aliphatic heterocycles. The SMILES string of the molecule is CCOc1ccccc1Nc1cc(C(=O)NCc2ccc(F)cc2)nc(C)n1. The van der Waals surface area contributed by atoms with E-state index >= 15 is 0 Å². The van der Waals surface area contributed by atoms with Crippen molar-refractivity contribution in [3.05, 3.63) is 77.5 Å². The minimum absolute atomic E-state index is 0.242. The fraction of sp³-hybridized carbons (Fsp3) is 0.190. The van der Waals surface area contributed by atoms with E-state index in [0.717, 1.165) is 11.3 Å². The van der Waals surface area contributed by atoms with E-state index in [1.165, 1.54) is 12.1 Å². The molecule has 0 spiro atoms. The lowest BCUT2D eigenvalue weighted by Gasteiger charge is -2.13. The second kappa shape index (κ2) is 8.94. The number of amides is 1. The summed E-state index contributed by atoms with van der Waals surface area (Å²) in [5.41, 5.74) is 1.79. The fourth-order valence-corrected chi connectivity index (χ4v) is 2.61. The topological polar surface area (TPSA) is 76.1 Å². The van der Waals surface area contributed by atoms with Crippen LogP contribution >= 0.6 is 0 Å². The number of hydrogen-bond acceptors (Lipinski definition) is 5. The molecule has 0 aliphatic rings. The van der Waals surface area contributed by atoms with Crippen LogP contribution in [0.1, 0.15) is 28.8 Å². The lowest BCUT2D eigenvalue weighted by atomic mass is 10.2. The summed E-state index contributed by atoms with van der Waals surface area (Å²) in [6.45, 7) is 4.45. The number of para-hydroxylation sites is 2. The van der Waals surface area contributed by atoms with Crippen molar-refractivity contribution < 1.29 is 13.9 Å². The average Bonchev–Trinajstić information content (AvgIpc) is 2.68. The molecule has 0 unspecified atom stereocenters. The number of nitrogens with zero attached hydrogens (tertiary/aromatic N) is 2. The van der Waals surface area contributed by atoms with Crippen LogP contribution < -0.4 is 15.4 Å². The van der Waals surface area contributed by atoms with Gasteiger partial charge in [0.25, 0.3) is 5.91 Å². The van der Waals surface area contributed by atoms with Crippen molar-refractivity contribution in [2.24, 2.45) is 0 Å². The number of nitrogens with one attached hydrogen (secondary N) is 2. The number of carbonyl (C=O) groups excluding carboxylic acids is 1. The quantitative estimate of drug-likeness (QED) is 0.648. The lowest BCUT2D eigenvalue weighted by molar-refractivity contribution is 0.0945. The standard InChI is InChI=1S/C21H21FN4O2/c1-3-28-19-7-5-4-6-17(19)26-20-12-18(24-14(2)25-20)21(27)23-13-15-8-10-16(22)11-9-15/h4-12H,3,13H2,1-2H3,(H,23,27)(H,24,25,26). The Kier molecular flexibility index (Phi) is 6.16. The largest absolute Gasteiger partial charge is 0.492 e. The molecule has 2 N–H and O–H groups in total. The van der Waals surface area contributed by atoms with Crippen LogP contribution in [0.2, 0.25) is 0 Å². The van der Waals surface area contributed by atoms with E-state index < -0.39 is 0 Å². The Balaban J connectivity index is 1.74. The van der Waals surface area contributed by atoms with E-state index in [1.807, 2.05) is 31.2 Å². The number of aromatic nitrogens is 2. The normalized spacial score (nSPS) is 10.4. The maximum absolute atomic E-state index is 13.0. The van der Waals surface area contributed by atoms with Gasteiger partial charge in [-0.05, 0) is 43.7 Å². The van der Waals surface area contributed by atoms with E-state index in [9.17, 15) is 9.18 Å². The molecule has 28 heavy (non-hydrogen) atoms. The number of hydrogen-bond donors (Lipinski definition) is 2. The Morgan fingerprint density at radius 2 is 1.86 bits per heavy atom. The molecule has 0 saturated heterocycles. The van der Waals surface area contributed by atoms with E-state index in [2.05, 4.69) is 20.6 Å². The zero-order valence-corrected chi connectivity index (χ0v) is 15.7. The molecule has 0 bridgehead atoms. The van der Waals surface area contributed by atoms with Gasteiger partial charge in [-0.2, -0.15) is 0 Å². The summed E-state index contributed by atoms with van der Waals surface area (Å²) in [7, 11) is 0. The number of aryl methyl sites for hydroxylation is 1. The van der Waals surface area contributed by atoms with Gasteiger partial charge in [0.15, 0.2) is 0 Å². The van der Waals surface area contributed by atoms with Gasteiger partial charge in [0.2, 0.25) is 0 Å². The third-order valence-corrected chi connectivity index (χ3v) is 3.89. The van der Waals surface area contributed by atoms with Gasteiger partial charge in [-0.25, -0.2) is 14.4 Å². The molecular weight excluding hydrogens is 359 g/mol. The fourth-order valence-electron chi connectivity index (χ4n) is 2.61. The van der Waals surface area contributed by atoms with Gasteiger partial charge < -0.3 is 15.4 Å². The van der Waals surface area contributed by atoms with Crippen LogP contribution in [0.3, 0.4) is 0 Å². The summed E-state index contributed by atoms with van der Waals surface area (Å²) in [6.07, 6.45) is 0. The molecule has 1 heterocycles. The first-order valence-electron chi connectivity index (χ1n) is 8.92. The van der Waals surface area contributed by atoms with Crippen molar-refractivity contribution in [2.75, 3.05) is 11.9 Å². The van der Waals surface area contributed by atoms with Crippen molar-refractivity contribution in [1.82, 2.24) is 15.3 Å². The van der Waals surface area contributed by atoms with Crippen molar-refractivity contribution in [2.45, 2.75) is 20.4 Å². The first-order valence-corrected chi connectivity index (χ1v) is 8.92. The predicted molar refractivity (Wildman–Crippen MR) is 105 cm³/mol. The summed E-state index contributed by atoms with van der Waals surface area (Å²) < 4.78 is 18.6. The summed E-state index contributed by atoms with van der Waals surface area (Å²) in [5, 5.41) is 5.96. The molecule has 3 rings (SSSR count). The van der Waals surface area contributed by atoms with Crippen LogP contribution in [0.15, 0.2) is 54.6 Å². The molecule has 0 aliphatic carbocycles. The van der Waals surface area contributed by atoms with Crippen LogP contribution in [0.25, 0.3) is 0 Å². The van der Waals surface area contributed by atoms with Gasteiger partial charge in [-0.1, -0.05) is 24.3 Å². The summed E-state index contributed by atoms with van der Waals surface area (Å²) in [6, 6.07) is 15.0. The molecular formula is C21H21FN4O2. The van der Waals surface area contributed by atoms with Gasteiger partial charge in [0.05, 0.1) is 12.3 Å². The molecule has 2 aromatic carbocycles. The first-order chi connectivity index (χ1) is 13.5. The molecule has 1 amide bonds. The number of rotatable bonds is 7. The highest BCUT2D eigenvalue weighted by Gasteiger charge is 2.12. The Bertz CT molecular complexity index is 961. The zero-order chi connectivity index (χ0) is 19.9. The highest BCUT2D eigenvalue weighted by molar-refractivity contribution is 5.93. The van der Waals surface area contributed by atoms with Gasteiger partial charge in [-0.15, -0.1) is 0 Å². The van der Waals surface area contributed by atoms with Crippen molar-refractivity contribution in [1.29, 1.82) is 0 Å². The van der Waals surface area contributed by atoms with Gasteiger partial charge in [-0.3, -0.25) is 4.79 Å². The Morgan fingerprint density at radius 1 is 1.11 bits per heavy atom. The van der Waals surface area contributed by atoms with Gasteiger partial charge in [0.1, 0.15) is 28.9 Å². The van der Waals surface area contributed by atoms with Gasteiger partial charge >= 0.3 is 0 Å². The van der Waals surface area contributed by atoms with Crippen LogP contribution in [0.4, 0.5) is 15.9 Å². The second-order valence-electron chi connectivity index (χ2n) is 6.05. The second-order valence-corrected chi connectivity index (χ2v) is 6.05. The number of ether oxygens (including phenoxy) is 1. The molecule has 0 atom stereocenters. The predicted octanol–water partition coefficient (Wildman–Crippen LogP) is 4.00. The van der Waals surface area contributed by atoms with Gasteiger partial charge in [0, 0.05) is 12.6 Å². The van der Waals surface area contributed by atoms with E-state index in [-0.39, 0.29) is 24.0 Å². The average molecular weight is 380 g/mol. The van der Waals surface area contributed by atoms with Crippen LogP contribution in [0, 0.1) is 12.7 Å². The number of anilines is 2. The molecule has 1 aromatic heterocycles. The van der Waals surface area contributed by atoms with Crippen molar-refractivity contribution in [3.63, 3.8) is 0 Å². The van der Waals surface area contributed by atoms with Crippen LogP contribution in [0.5, 0.6) is 5.75 Å². The highest BCUT2D eigenvalue weighted by atomic mass is 19.1.